The van der Waals surface area contributed by atoms with Gasteiger partial charge in [0.15, 0.2) is 5.82 Å². The van der Waals surface area contributed by atoms with E-state index < -0.39 is 0 Å². The zero-order valence-corrected chi connectivity index (χ0v) is 13.1. The Hall–Kier alpha value is -1.95. The number of carbonyl (C=O) groups is 1. The number of hydrogen-bond donors (Lipinski definition) is 0. The average Bonchev–Trinajstić information content (AvgIpc) is 2.80. The van der Waals surface area contributed by atoms with Crippen molar-refractivity contribution in [2.45, 2.75) is 38.6 Å². The predicted octanol–water partition coefficient (Wildman–Crippen LogP) is 3.18. The molecule has 1 atom stereocenters. The van der Waals surface area contributed by atoms with Crippen molar-refractivity contribution >= 4 is 17.5 Å². The van der Waals surface area contributed by atoms with Crippen LogP contribution in [-0.2, 0) is 0 Å². The number of amides is 1. The fourth-order valence-corrected chi connectivity index (χ4v) is 2.95. The van der Waals surface area contributed by atoms with Crippen molar-refractivity contribution in [1.29, 1.82) is 0 Å². The van der Waals surface area contributed by atoms with Crippen LogP contribution in [0.15, 0.2) is 22.9 Å². The molecule has 0 N–H and O–H groups in total. The summed E-state index contributed by atoms with van der Waals surface area (Å²) in [6, 6.07) is 3.12. The molecule has 1 fully saturated rings. The summed E-state index contributed by atoms with van der Waals surface area (Å²) in [5.41, 5.74) is 0.534. The second kappa shape index (κ2) is 6.44. The van der Waals surface area contributed by atoms with Crippen molar-refractivity contribution in [3.63, 3.8) is 0 Å². The van der Waals surface area contributed by atoms with Gasteiger partial charge in [0.05, 0.1) is 6.04 Å². The van der Waals surface area contributed by atoms with E-state index in [0.29, 0.717) is 29.0 Å². The van der Waals surface area contributed by atoms with Gasteiger partial charge in [0.25, 0.3) is 5.91 Å². The summed E-state index contributed by atoms with van der Waals surface area (Å²) in [4.78, 5) is 22.9. The summed E-state index contributed by atoms with van der Waals surface area (Å²) in [6.07, 6.45) is 5.48. The maximum atomic E-state index is 12.8. The Bertz CT molecular complexity index is 673. The molecule has 22 heavy (non-hydrogen) atoms. The van der Waals surface area contributed by atoms with Gasteiger partial charge in [-0.15, -0.1) is 0 Å². The van der Waals surface area contributed by atoms with Gasteiger partial charge in [0.2, 0.25) is 5.89 Å². The van der Waals surface area contributed by atoms with E-state index in [1.807, 2.05) is 4.90 Å². The van der Waals surface area contributed by atoms with Gasteiger partial charge in [0.1, 0.15) is 5.15 Å². The lowest BCUT2D eigenvalue weighted by Crippen LogP contribution is -2.35. The zero-order chi connectivity index (χ0) is 15.5. The molecule has 0 radical (unpaired) electrons. The van der Waals surface area contributed by atoms with Crippen molar-refractivity contribution < 1.29 is 9.32 Å². The lowest BCUT2D eigenvalue weighted by atomic mass is 10.1. The molecule has 2 aromatic heterocycles. The van der Waals surface area contributed by atoms with Gasteiger partial charge in [-0.1, -0.05) is 29.6 Å². The van der Waals surface area contributed by atoms with Gasteiger partial charge >= 0.3 is 0 Å². The van der Waals surface area contributed by atoms with Gasteiger partial charge in [-0.05, 0) is 25.0 Å². The van der Waals surface area contributed by atoms with Crippen LogP contribution in [-0.4, -0.2) is 32.5 Å². The smallest absolute Gasteiger partial charge is 0.254 e. The SMILES string of the molecule is Cc1nc(C2CCCCCN2C(=O)c2ccnc(Cl)c2)no1. The highest BCUT2D eigenvalue weighted by molar-refractivity contribution is 6.29. The highest BCUT2D eigenvalue weighted by Crippen LogP contribution is 2.30. The molecule has 0 bridgehead atoms. The molecule has 1 amide bonds. The third kappa shape index (κ3) is 3.11. The summed E-state index contributed by atoms with van der Waals surface area (Å²) in [6.45, 7) is 2.43. The first kappa shape index (κ1) is 15.0. The highest BCUT2D eigenvalue weighted by atomic mass is 35.5. The van der Waals surface area contributed by atoms with Crippen LogP contribution < -0.4 is 0 Å². The number of aromatic nitrogens is 3. The molecule has 0 aliphatic carbocycles. The third-order valence-electron chi connectivity index (χ3n) is 3.83. The standard InChI is InChI=1S/C15H17ClN4O2/c1-10-18-14(19-22-10)12-5-3-2-4-8-20(12)15(21)11-6-7-17-13(16)9-11/h6-7,9,12H,2-5,8H2,1H3. The molecule has 116 valence electrons. The first-order chi connectivity index (χ1) is 10.6. The molecule has 1 unspecified atom stereocenters. The van der Waals surface area contributed by atoms with E-state index in [4.69, 9.17) is 16.1 Å². The first-order valence-corrected chi connectivity index (χ1v) is 7.75. The summed E-state index contributed by atoms with van der Waals surface area (Å²) in [7, 11) is 0. The van der Waals surface area contributed by atoms with Crippen LogP contribution >= 0.6 is 11.6 Å². The van der Waals surface area contributed by atoms with Gasteiger partial charge in [0, 0.05) is 25.2 Å². The van der Waals surface area contributed by atoms with Gasteiger partial charge < -0.3 is 9.42 Å². The second-order valence-corrected chi connectivity index (χ2v) is 5.79. The van der Waals surface area contributed by atoms with Crippen molar-refractivity contribution in [2.75, 3.05) is 6.54 Å². The van der Waals surface area contributed by atoms with Crippen LogP contribution in [0.3, 0.4) is 0 Å². The maximum absolute atomic E-state index is 12.8. The normalized spacial score (nSPS) is 19.0. The molecular weight excluding hydrogens is 304 g/mol. The zero-order valence-electron chi connectivity index (χ0n) is 12.3. The Labute approximate surface area is 133 Å². The quantitative estimate of drug-likeness (QED) is 0.795. The molecule has 3 heterocycles. The van der Waals surface area contributed by atoms with Gasteiger partial charge in [-0.25, -0.2) is 4.98 Å². The fourth-order valence-electron chi connectivity index (χ4n) is 2.77. The highest BCUT2D eigenvalue weighted by Gasteiger charge is 2.30. The van der Waals surface area contributed by atoms with Crippen molar-refractivity contribution in [1.82, 2.24) is 20.0 Å². The number of aryl methyl sites for hydroxylation is 1. The molecule has 0 spiro atoms. The molecule has 6 nitrogen and oxygen atoms in total. The molecule has 0 aromatic carbocycles. The fraction of sp³-hybridized carbons (Fsp3) is 0.467. The van der Waals surface area contributed by atoms with E-state index in [-0.39, 0.29) is 11.9 Å². The van der Waals surface area contributed by atoms with E-state index >= 15 is 0 Å². The number of nitrogens with zero attached hydrogens (tertiary/aromatic N) is 4. The van der Waals surface area contributed by atoms with E-state index in [9.17, 15) is 4.79 Å². The molecule has 7 heteroatoms. The molecule has 1 aliphatic rings. The Kier molecular flexibility index (Phi) is 4.38. The molecular formula is C15H17ClN4O2. The van der Waals surface area contributed by atoms with E-state index in [2.05, 4.69) is 15.1 Å². The Morgan fingerprint density at radius 1 is 1.41 bits per heavy atom. The molecule has 0 saturated carbocycles. The van der Waals surface area contributed by atoms with Crippen LogP contribution in [0, 0.1) is 6.92 Å². The summed E-state index contributed by atoms with van der Waals surface area (Å²) in [5, 5.41) is 4.32. The van der Waals surface area contributed by atoms with E-state index in [1.165, 1.54) is 0 Å². The number of carbonyl (C=O) groups excluding carboxylic acids is 1. The van der Waals surface area contributed by atoms with Crippen molar-refractivity contribution in [2.24, 2.45) is 0 Å². The molecule has 3 rings (SSSR count). The van der Waals surface area contributed by atoms with Crippen molar-refractivity contribution in [3.05, 3.63) is 40.8 Å². The number of pyridine rings is 1. The Morgan fingerprint density at radius 2 is 2.27 bits per heavy atom. The van der Waals surface area contributed by atoms with Crippen LogP contribution in [0.1, 0.15) is 53.8 Å². The van der Waals surface area contributed by atoms with Crippen LogP contribution in [0.4, 0.5) is 0 Å². The maximum Gasteiger partial charge on any atom is 0.254 e. The molecule has 1 saturated heterocycles. The number of hydrogen-bond acceptors (Lipinski definition) is 5. The summed E-state index contributed by atoms with van der Waals surface area (Å²) in [5.74, 6) is 1.02. The summed E-state index contributed by atoms with van der Waals surface area (Å²) < 4.78 is 5.08. The van der Waals surface area contributed by atoms with Crippen LogP contribution in [0.5, 0.6) is 0 Å². The number of rotatable bonds is 2. The Morgan fingerprint density at radius 3 is 3.00 bits per heavy atom. The van der Waals surface area contributed by atoms with Gasteiger partial charge in [-0.3, -0.25) is 4.79 Å². The predicted molar refractivity (Wildman–Crippen MR) is 80.5 cm³/mol. The first-order valence-electron chi connectivity index (χ1n) is 7.38. The largest absolute Gasteiger partial charge is 0.340 e. The van der Waals surface area contributed by atoms with Crippen LogP contribution in [0.2, 0.25) is 5.15 Å². The Balaban J connectivity index is 1.91. The molecule has 1 aliphatic heterocycles. The minimum Gasteiger partial charge on any atom is -0.340 e. The van der Waals surface area contributed by atoms with Crippen LogP contribution in [0.25, 0.3) is 0 Å². The second-order valence-electron chi connectivity index (χ2n) is 5.40. The summed E-state index contributed by atoms with van der Waals surface area (Å²) >= 11 is 5.90. The minimum atomic E-state index is -0.153. The van der Waals surface area contributed by atoms with Gasteiger partial charge in [-0.2, -0.15) is 4.98 Å². The number of halogens is 1. The van der Waals surface area contributed by atoms with E-state index in [1.54, 1.807) is 25.3 Å². The monoisotopic (exact) mass is 320 g/mol. The lowest BCUT2D eigenvalue weighted by molar-refractivity contribution is 0.0670. The lowest BCUT2D eigenvalue weighted by Gasteiger charge is -2.27. The molecule has 2 aromatic rings. The minimum absolute atomic E-state index is 0.0707. The van der Waals surface area contributed by atoms with Crippen molar-refractivity contribution in [3.8, 4) is 0 Å². The number of likely N-dealkylation sites (tertiary alicyclic amines) is 1. The third-order valence-corrected chi connectivity index (χ3v) is 4.04. The average molecular weight is 321 g/mol. The van der Waals surface area contributed by atoms with E-state index in [0.717, 1.165) is 25.7 Å². The topological polar surface area (TPSA) is 72.1 Å².